The zero-order valence-corrected chi connectivity index (χ0v) is 9.10. The second kappa shape index (κ2) is 5.27. The number of nitrogens with two attached hydrogens (primary N) is 1. The zero-order valence-electron chi connectivity index (χ0n) is 9.10. The summed E-state index contributed by atoms with van der Waals surface area (Å²) < 4.78 is 9.27. The fraction of sp³-hybridized carbons (Fsp3) is 0.273. The van der Waals surface area contributed by atoms with Crippen LogP contribution in [0.1, 0.15) is 11.6 Å². The van der Waals surface area contributed by atoms with Crippen molar-refractivity contribution in [2.24, 2.45) is 5.73 Å². The van der Waals surface area contributed by atoms with Crippen molar-refractivity contribution < 1.29 is 19.1 Å². The highest BCUT2D eigenvalue weighted by Crippen LogP contribution is 2.16. The number of carbonyl (C=O) groups is 2. The maximum Gasteiger partial charge on any atom is 0.376 e. The molecule has 0 heterocycles. The van der Waals surface area contributed by atoms with E-state index in [1.54, 1.807) is 24.3 Å². The Bertz CT molecular complexity index is 385. The highest BCUT2D eigenvalue weighted by Gasteiger charge is 2.23. The Kier molecular flexibility index (Phi) is 4.02. The molecule has 0 amide bonds. The molecule has 0 fully saturated rings. The number of hydrogen-bond acceptors (Lipinski definition) is 5. The lowest BCUT2D eigenvalue weighted by molar-refractivity contribution is -0.152. The molecule has 5 heteroatoms. The van der Waals surface area contributed by atoms with Gasteiger partial charge in [0.2, 0.25) is 0 Å². The Labute approximate surface area is 93.1 Å². The Morgan fingerprint density at radius 3 is 2.19 bits per heavy atom. The van der Waals surface area contributed by atoms with Crippen LogP contribution >= 0.6 is 0 Å². The van der Waals surface area contributed by atoms with Gasteiger partial charge in [-0.1, -0.05) is 12.1 Å². The van der Waals surface area contributed by atoms with Crippen molar-refractivity contribution in [3.8, 4) is 5.75 Å². The van der Waals surface area contributed by atoms with Crippen LogP contribution in [-0.2, 0) is 14.3 Å². The normalized spacial score (nSPS) is 11.7. The molecule has 0 saturated heterocycles. The Balaban J connectivity index is 2.83. The summed E-state index contributed by atoms with van der Waals surface area (Å²) in [6, 6.07) is 5.59. The number of methoxy groups -OCH3 is 2. The highest BCUT2D eigenvalue weighted by atomic mass is 16.5. The lowest BCUT2D eigenvalue weighted by Gasteiger charge is -2.09. The fourth-order valence-electron chi connectivity index (χ4n) is 1.19. The molecule has 1 aromatic rings. The number of ether oxygens (including phenoxy) is 2. The molecule has 1 atom stereocenters. The van der Waals surface area contributed by atoms with Gasteiger partial charge in [-0.2, -0.15) is 0 Å². The Morgan fingerprint density at radius 2 is 1.75 bits per heavy atom. The molecular weight excluding hydrogens is 210 g/mol. The van der Waals surface area contributed by atoms with Crippen LogP contribution in [0, 0.1) is 0 Å². The standard InChI is InChI=1S/C11H13NO4/c1-15-8-5-3-7(4-6-8)9(12)10(13)11(14)16-2/h3-6,9H,12H2,1-2H3. The average Bonchev–Trinajstić information content (AvgIpc) is 2.36. The van der Waals surface area contributed by atoms with E-state index in [-0.39, 0.29) is 0 Å². The first-order chi connectivity index (χ1) is 7.60. The fourth-order valence-corrected chi connectivity index (χ4v) is 1.19. The molecule has 0 saturated carbocycles. The summed E-state index contributed by atoms with van der Waals surface area (Å²) in [5, 5.41) is 0. The van der Waals surface area contributed by atoms with Crippen molar-refractivity contribution >= 4 is 11.8 Å². The number of esters is 1. The van der Waals surface area contributed by atoms with Gasteiger partial charge in [0.25, 0.3) is 5.78 Å². The molecule has 5 nitrogen and oxygen atoms in total. The zero-order chi connectivity index (χ0) is 12.1. The molecule has 86 valence electrons. The number of Topliss-reactive ketones (excluding diaryl/α,β-unsaturated/α-hetero) is 1. The molecule has 1 rings (SSSR count). The molecule has 16 heavy (non-hydrogen) atoms. The van der Waals surface area contributed by atoms with E-state index in [4.69, 9.17) is 10.5 Å². The van der Waals surface area contributed by atoms with Gasteiger partial charge in [-0.05, 0) is 17.7 Å². The van der Waals surface area contributed by atoms with Gasteiger partial charge in [0, 0.05) is 0 Å². The molecular formula is C11H13NO4. The molecule has 0 aliphatic heterocycles. The smallest absolute Gasteiger partial charge is 0.376 e. The van der Waals surface area contributed by atoms with Gasteiger partial charge in [-0.15, -0.1) is 0 Å². The maximum atomic E-state index is 11.4. The number of hydrogen-bond donors (Lipinski definition) is 1. The SMILES string of the molecule is COC(=O)C(=O)C(N)c1ccc(OC)cc1. The van der Waals surface area contributed by atoms with Crippen LogP contribution in [0.3, 0.4) is 0 Å². The van der Waals surface area contributed by atoms with E-state index in [1.165, 1.54) is 7.11 Å². The number of carbonyl (C=O) groups excluding carboxylic acids is 2. The molecule has 0 aliphatic rings. The molecule has 0 spiro atoms. The molecule has 1 aromatic carbocycles. The molecule has 0 bridgehead atoms. The topological polar surface area (TPSA) is 78.6 Å². The lowest BCUT2D eigenvalue weighted by Crippen LogP contribution is -2.29. The summed E-state index contributed by atoms with van der Waals surface area (Å²) in [5.74, 6) is -1.06. The number of ketones is 1. The van der Waals surface area contributed by atoms with Crippen molar-refractivity contribution in [3.05, 3.63) is 29.8 Å². The van der Waals surface area contributed by atoms with E-state index in [0.29, 0.717) is 11.3 Å². The highest BCUT2D eigenvalue weighted by molar-refractivity contribution is 6.35. The van der Waals surface area contributed by atoms with E-state index < -0.39 is 17.8 Å². The third-order valence-electron chi connectivity index (χ3n) is 2.14. The lowest BCUT2D eigenvalue weighted by atomic mass is 10.0. The second-order valence-corrected chi connectivity index (χ2v) is 3.11. The summed E-state index contributed by atoms with van der Waals surface area (Å²) in [5.41, 5.74) is 6.15. The predicted molar refractivity (Wildman–Crippen MR) is 56.9 cm³/mol. The van der Waals surface area contributed by atoms with Gasteiger partial charge in [-0.25, -0.2) is 4.79 Å². The molecule has 0 aromatic heterocycles. The van der Waals surface area contributed by atoms with Crippen LogP contribution < -0.4 is 10.5 Å². The number of rotatable bonds is 4. The maximum absolute atomic E-state index is 11.4. The van der Waals surface area contributed by atoms with Crippen LogP contribution in [0.15, 0.2) is 24.3 Å². The van der Waals surface area contributed by atoms with E-state index in [2.05, 4.69) is 4.74 Å². The van der Waals surface area contributed by atoms with Crippen molar-refractivity contribution in [2.45, 2.75) is 6.04 Å². The minimum Gasteiger partial charge on any atom is -0.497 e. The van der Waals surface area contributed by atoms with Crippen LogP contribution in [0.2, 0.25) is 0 Å². The molecule has 0 aliphatic carbocycles. The predicted octanol–water partition coefficient (Wildman–Crippen LogP) is 0.437. The van der Waals surface area contributed by atoms with Crippen LogP contribution in [0.4, 0.5) is 0 Å². The van der Waals surface area contributed by atoms with Gasteiger partial charge in [0.15, 0.2) is 0 Å². The quantitative estimate of drug-likeness (QED) is 0.591. The van der Waals surface area contributed by atoms with Gasteiger partial charge in [-0.3, -0.25) is 4.79 Å². The van der Waals surface area contributed by atoms with E-state index in [0.717, 1.165) is 7.11 Å². The monoisotopic (exact) mass is 223 g/mol. The van der Waals surface area contributed by atoms with Crippen LogP contribution in [0.5, 0.6) is 5.75 Å². The van der Waals surface area contributed by atoms with Crippen LogP contribution in [-0.4, -0.2) is 26.0 Å². The summed E-state index contributed by atoms with van der Waals surface area (Å²) in [6.45, 7) is 0. The first-order valence-electron chi connectivity index (χ1n) is 4.62. The molecule has 2 N–H and O–H groups in total. The first kappa shape index (κ1) is 12.2. The average molecular weight is 223 g/mol. The Hall–Kier alpha value is -1.88. The molecule has 1 unspecified atom stereocenters. The third kappa shape index (κ3) is 2.58. The minimum absolute atomic E-state index is 0.538. The minimum atomic E-state index is -1.00. The number of benzene rings is 1. The summed E-state index contributed by atoms with van der Waals surface area (Å²) in [7, 11) is 2.68. The van der Waals surface area contributed by atoms with Crippen LogP contribution in [0.25, 0.3) is 0 Å². The van der Waals surface area contributed by atoms with Gasteiger partial charge < -0.3 is 15.2 Å². The van der Waals surface area contributed by atoms with E-state index in [9.17, 15) is 9.59 Å². The second-order valence-electron chi connectivity index (χ2n) is 3.11. The van der Waals surface area contributed by atoms with Gasteiger partial charge in [0.1, 0.15) is 11.8 Å². The molecule has 0 radical (unpaired) electrons. The van der Waals surface area contributed by atoms with Gasteiger partial charge >= 0.3 is 5.97 Å². The summed E-state index contributed by atoms with van der Waals surface area (Å²) in [4.78, 5) is 22.4. The van der Waals surface area contributed by atoms with E-state index >= 15 is 0 Å². The van der Waals surface area contributed by atoms with Crippen molar-refractivity contribution in [3.63, 3.8) is 0 Å². The van der Waals surface area contributed by atoms with Gasteiger partial charge in [0.05, 0.1) is 14.2 Å². The summed E-state index contributed by atoms with van der Waals surface area (Å²) in [6.07, 6.45) is 0. The van der Waals surface area contributed by atoms with Crippen molar-refractivity contribution in [1.82, 2.24) is 0 Å². The Morgan fingerprint density at radius 1 is 1.19 bits per heavy atom. The van der Waals surface area contributed by atoms with Crippen molar-refractivity contribution in [2.75, 3.05) is 14.2 Å². The van der Waals surface area contributed by atoms with Crippen molar-refractivity contribution in [1.29, 1.82) is 0 Å². The summed E-state index contributed by atoms with van der Waals surface area (Å²) >= 11 is 0. The largest absolute Gasteiger partial charge is 0.497 e. The third-order valence-corrected chi connectivity index (χ3v) is 2.14. The van der Waals surface area contributed by atoms with E-state index in [1.807, 2.05) is 0 Å². The first-order valence-corrected chi connectivity index (χ1v) is 4.62.